The summed E-state index contributed by atoms with van der Waals surface area (Å²) in [5, 5.41) is 3.64. The summed E-state index contributed by atoms with van der Waals surface area (Å²) >= 11 is 0. The first kappa shape index (κ1) is 14.6. The van der Waals surface area contributed by atoms with Gasteiger partial charge in [-0.25, -0.2) is 0 Å². The van der Waals surface area contributed by atoms with Gasteiger partial charge in [0.15, 0.2) is 0 Å². The molecule has 2 rings (SSSR count). The van der Waals surface area contributed by atoms with Crippen LogP contribution < -0.4 is 5.32 Å². The number of hydrogen-bond donors (Lipinski definition) is 1. The van der Waals surface area contributed by atoms with Crippen molar-refractivity contribution in [1.82, 2.24) is 5.32 Å². The average Bonchev–Trinajstić information content (AvgIpc) is 3.15. The van der Waals surface area contributed by atoms with Crippen molar-refractivity contribution in [2.45, 2.75) is 52.5 Å². The predicted molar refractivity (Wildman–Crippen MR) is 83.4 cm³/mol. The van der Waals surface area contributed by atoms with Crippen LogP contribution in [0.4, 0.5) is 0 Å². The molecule has 1 N–H and O–H groups in total. The molecular weight excluding hydrogens is 230 g/mol. The highest BCUT2D eigenvalue weighted by Crippen LogP contribution is 2.53. The lowest BCUT2D eigenvalue weighted by Crippen LogP contribution is -2.40. The third-order valence-corrected chi connectivity index (χ3v) is 4.59. The molecule has 1 aromatic rings. The van der Waals surface area contributed by atoms with Crippen molar-refractivity contribution in [3.63, 3.8) is 0 Å². The fourth-order valence-corrected chi connectivity index (χ4v) is 2.95. The van der Waals surface area contributed by atoms with Crippen LogP contribution in [0, 0.1) is 17.8 Å². The molecule has 4 unspecified atom stereocenters. The molecule has 0 bridgehead atoms. The molecule has 0 amide bonds. The van der Waals surface area contributed by atoms with Gasteiger partial charge >= 0.3 is 0 Å². The van der Waals surface area contributed by atoms with E-state index >= 15 is 0 Å². The van der Waals surface area contributed by atoms with Crippen molar-refractivity contribution < 1.29 is 0 Å². The maximum atomic E-state index is 3.64. The Morgan fingerprint density at radius 1 is 1.16 bits per heavy atom. The van der Waals surface area contributed by atoms with E-state index in [1.807, 2.05) is 0 Å². The molecule has 106 valence electrons. The second kappa shape index (κ2) is 5.66. The Hall–Kier alpha value is -0.820. The molecule has 1 aromatic carbocycles. The van der Waals surface area contributed by atoms with Gasteiger partial charge in [0.05, 0.1) is 0 Å². The van der Waals surface area contributed by atoms with Gasteiger partial charge in [-0.1, -0.05) is 44.2 Å². The molecule has 1 heteroatoms. The summed E-state index contributed by atoms with van der Waals surface area (Å²) in [4.78, 5) is 0. The van der Waals surface area contributed by atoms with Gasteiger partial charge < -0.3 is 5.32 Å². The molecule has 0 heterocycles. The fourth-order valence-electron chi connectivity index (χ4n) is 2.95. The average molecular weight is 259 g/mol. The standard InChI is InChI=1S/C18H29N/c1-13(12-19-18(3,4)5)14(2)16-11-17(16)15-9-7-6-8-10-15/h6-10,13-14,16-17,19H,11-12H2,1-5H3. The Kier molecular flexibility index (Phi) is 4.35. The highest BCUT2D eigenvalue weighted by molar-refractivity contribution is 5.26. The molecule has 4 atom stereocenters. The van der Waals surface area contributed by atoms with E-state index in [-0.39, 0.29) is 5.54 Å². The maximum Gasteiger partial charge on any atom is 0.00966 e. The highest BCUT2D eigenvalue weighted by Gasteiger charge is 2.43. The fraction of sp³-hybridized carbons (Fsp3) is 0.667. The number of hydrogen-bond acceptors (Lipinski definition) is 1. The second-order valence-corrected chi connectivity index (χ2v) is 7.38. The monoisotopic (exact) mass is 259 g/mol. The third-order valence-electron chi connectivity index (χ3n) is 4.59. The molecular formula is C18H29N. The normalized spacial score (nSPS) is 25.9. The van der Waals surface area contributed by atoms with Crippen LogP contribution in [0.15, 0.2) is 30.3 Å². The zero-order valence-corrected chi connectivity index (χ0v) is 13.1. The first-order chi connectivity index (χ1) is 8.88. The molecule has 0 aliphatic heterocycles. The minimum absolute atomic E-state index is 0.233. The van der Waals surface area contributed by atoms with Crippen molar-refractivity contribution in [3.8, 4) is 0 Å². The first-order valence-electron chi connectivity index (χ1n) is 7.68. The van der Waals surface area contributed by atoms with Crippen LogP contribution in [-0.2, 0) is 0 Å². The minimum atomic E-state index is 0.233. The Morgan fingerprint density at radius 3 is 2.37 bits per heavy atom. The first-order valence-corrected chi connectivity index (χ1v) is 7.68. The Morgan fingerprint density at radius 2 is 1.79 bits per heavy atom. The van der Waals surface area contributed by atoms with Crippen LogP contribution in [-0.4, -0.2) is 12.1 Å². The number of nitrogens with one attached hydrogen (secondary N) is 1. The van der Waals surface area contributed by atoms with E-state index in [1.165, 1.54) is 12.0 Å². The van der Waals surface area contributed by atoms with Crippen LogP contribution in [0.2, 0.25) is 0 Å². The van der Waals surface area contributed by atoms with Crippen molar-refractivity contribution in [2.75, 3.05) is 6.54 Å². The van der Waals surface area contributed by atoms with Crippen LogP contribution in [0.1, 0.15) is 52.5 Å². The van der Waals surface area contributed by atoms with Gasteiger partial charge in [-0.2, -0.15) is 0 Å². The van der Waals surface area contributed by atoms with Crippen molar-refractivity contribution >= 4 is 0 Å². The lowest BCUT2D eigenvalue weighted by Gasteiger charge is -2.27. The summed E-state index contributed by atoms with van der Waals surface area (Å²) in [6.45, 7) is 12.7. The molecule has 1 fully saturated rings. The SMILES string of the molecule is CC(CNC(C)(C)C)C(C)C1CC1c1ccccc1. The van der Waals surface area contributed by atoms with Gasteiger partial charge in [0.2, 0.25) is 0 Å². The van der Waals surface area contributed by atoms with E-state index in [9.17, 15) is 0 Å². The van der Waals surface area contributed by atoms with Crippen LogP contribution in [0.5, 0.6) is 0 Å². The molecule has 1 aliphatic carbocycles. The van der Waals surface area contributed by atoms with E-state index in [0.29, 0.717) is 0 Å². The van der Waals surface area contributed by atoms with Gasteiger partial charge in [-0.15, -0.1) is 0 Å². The van der Waals surface area contributed by atoms with Crippen molar-refractivity contribution in [1.29, 1.82) is 0 Å². The Bertz CT molecular complexity index is 390. The zero-order valence-electron chi connectivity index (χ0n) is 13.1. The summed E-state index contributed by atoms with van der Waals surface area (Å²) in [5.41, 5.74) is 1.77. The highest BCUT2D eigenvalue weighted by atomic mass is 14.9. The molecule has 1 nitrogen and oxygen atoms in total. The maximum absolute atomic E-state index is 3.64. The number of rotatable bonds is 5. The summed E-state index contributed by atoms with van der Waals surface area (Å²) in [6, 6.07) is 11.0. The molecule has 0 aromatic heterocycles. The van der Waals surface area contributed by atoms with Gasteiger partial charge in [0.1, 0.15) is 0 Å². The van der Waals surface area contributed by atoms with Crippen LogP contribution in [0.3, 0.4) is 0 Å². The van der Waals surface area contributed by atoms with Crippen molar-refractivity contribution in [2.24, 2.45) is 17.8 Å². The summed E-state index contributed by atoms with van der Waals surface area (Å²) in [5.74, 6) is 3.26. The largest absolute Gasteiger partial charge is 0.312 e. The second-order valence-electron chi connectivity index (χ2n) is 7.38. The third kappa shape index (κ3) is 4.07. The van der Waals surface area contributed by atoms with E-state index in [1.54, 1.807) is 0 Å². The van der Waals surface area contributed by atoms with Crippen LogP contribution >= 0.6 is 0 Å². The lowest BCUT2D eigenvalue weighted by atomic mass is 9.88. The van der Waals surface area contributed by atoms with Gasteiger partial charge in [0.25, 0.3) is 0 Å². The van der Waals surface area contributed by atoms with Gasteiger partial charge in [0, 0.05) is 5.54 Å². The van der Waals surface area contributed by atoms with E-state index in [0.717, 1.165) is 30.2 Å². The Labute approximate surface area is 118 Å². The zero-order chi connectivity index (χ0) is 14.0. The van der Waals surface area contributed by atoms with Gasteiger partial charge in [-0.05, 0) is 63.0 Å². The molecule has 19 heavy (non-hydrogen) atoms. The smallest absolute Gasteiger partial charge is 0.00966 e. The van der Waals surface area contributed by atoms with Crippen molar-refractivity contribution in [3.05, 3.63) is 35.9 Å². The summed E-state index contributed by atoms with van der Waals surface area (Å²) in [6.07, 6.45) is 1.38. The van der Waals surface area contributed by atoms with Crippen LogP contribution in [0.25, 0.3) is 0 Å². The van der Waals surface area contributed by atoms with E-state index < -0.39 is 0 Å². The molecule has 0 radical (unpaired) electrons. The quantitative estimate of drug-likeness (QED) is 0.823. The minimum Gasteiger partial charge on any atom is -0.312 e. The predicted octanol–water partition coefficient (Wildman–Crippen LogP) is 4.45. The molecule has 1 saturated carbocycles. The lowest BCUT2D eigenvalue weighted by molar-refractivity contribution is 0.293. The summed E-state index contributed by atoms with van der Waals surface area (Å²) < 4.78 is 0. The van der Waals surface area contributed by atoms with E-state index in [4.69, 9.17) is 0 Å². The molecule has 0 spiro atoms. The van der Waals surface area contributed by atoms with E-state index in [2.05, 4.69) is 70.3 Å². The molecule has 0 saturated heterocycles. The molecule has 1 aliphatic rings. The van der Waals surface area contributed by atoms with Gasteiger partial charge in [-0.3, -0.25) is 0 Å². The topological polar surface area (TPSA) is 12.0 Å². The Balaban J connectivity index is 1.84. The summed E-state index contributed by atoms with van der Waals surface area (Å²) in [7, 11) is 0. The number of benzene rings is 1.